The van der Waals surface area contributed by atoms with Gasteiger partial charge in [-0.2, -0.15) is 0 Å². The first kappa shape index (κ1) is 20.5. The summed E-state index contributed by atoms with van der Waals surface area (Å²) >= 11 is 6.10. The van der Waals surface area contributed by atoms with Crippen molar-refractivity contribution < 1.29 is 28.6 Å². The van der Waals surface area contributed by atoms with Gasteiger partial charge in [0, 0.05) is 18.3 Å². The van der Waals surface area contributed by atoms with Crippen molar-refractivity contribution in [3.8, 4) is 11.5 Å². The second-order valence-corrected chi connectivity index (χ2v) is 6.59. The van der Waals surface area contributed by atoms with Crippen molar-refractivity contribution in [1.29, 1.82) is 0 Å². The fourth-order valence-corrected chi connectivity index (χ4v) is 3.38. The Bertz CT molecular complexity index is 991. The van der Waals surface area contributed by atoms with Gasteiger partial charge in [0.05, 0.1) is 31.2 Å². The van der Waals surface area contributed by atoms with Crippen molar-refractivity contribution in [2.45, 2.75) is 12.5 Å². The number of anilines is 1. The van der Waals surface area contributed by atoms with E-state index < -0.39 is 12.1 Å². The summed E-state index contributed by atoms with van der Waals surface area (Å²) in [5, 5.41) is 5.38. The monoisotopic (exact) mass is 418 g/mol. The molecule has 1 aliphatic heterocycles. The fraction of sp³-hybridized carbons (Fsp3) is 0.250. The van der Waals surface area contributed by atoms with Crippen LogP contribution in [0.15, 0.2) is 30.3 Å². The van der Waals surface area contributed by atoms with E-state index in [9.17, 15) is 14.4 Å². The lowest BCUT2D eigenvalue weighted by Crippen LogP contribution is -2.19. The van der Waals surface area contributed by atoms with Gasteiger partial charge in [-0.3, -0.25) is 9.59 Å². The predicted octanol–water partition coefficient (Wildman–Crippen LogP) is 2.96. The standard InChI is InChI=1S/C20H19ClN2O6/c1-22-19(25)11-5-4-10(8-13(11)21)23-16(24)9-15-12-6-7-14(27-2)18(28-3)17(12)20(26)29-15/h4-8,15H,9H2,1-3H3,(H,22,25)(H,23,24). The summed E-state index contributed by atoms with van der Waals surface area (Å²) in [5.74, 6) is -0.610. The molecule has 1 heterocycles. The summed E-state index contributed by atoms with van der Waals surface area (Å²) < 4.78 is 15.8. The highest BCUT2D eigenvalue weighted by molar-refractivity contribution is 6.34. The zero-order valence-electron chi connectivity index (χ0n) is 16.0. The number of esters is 1. The minimum atomic E-state index is -0.752. The molecule has 0 saturated heterocycles. The van der Waals surface area contributed by atoms with Crippen LogP contribution in [0.5, 0.6) is 11.5 Å². The maximum atomic E-state index is 12.5. The molecular weight excluding hydrogens is 400 g/mol. The number of benzene rings is 2. The molecule has 0 spiro atoms. The number of fused-ring (bicyclic) bond motifs is 1. The van der Waals surface area contributed by atoms with Gasteiger partial charge in [0.2, 0.25) is 5.91 Å². The van der Waals surface area contributed by atoms with E-state index in [1.807, 2.05) is 0 Å². The zero-order valence-corrected chi connectivity index (χ0v) is 16.8. The highest BCUT2D eigenvalue weighted by atomic mass is 35.5. The van der Waals surface area contributed by atoms with Crippen LogP contribution in [0.25, 0.3) is 0 Å². The number of hydrogen-bond donors (Lipinski definition) is 2. The Morgan fingerprint density at radius 2 is 1.93 bits per heavy atom. The molecule has 0 aliphatic carbocycles. The van der Waals surface area contributed by atoms with Crippen LogP contribution in [0, 0.1) is 0 Å². The second-order valence-electron chi connectivity index (χ2n) is 6.19. The minimum absolute atomic E-state index is 0.0942. The number of carbonyl (C=O) groups is 3. The third kappa shape index (κ3) is 3.97. The fourth-order valence-electron chi connectivity index (χ4n) is 3.12. The maximum absolute atomic E-state index is 12.5. The van der Waals surface area contributed by atoms with Gasteiger partial charge in [-0.15, -0.1) is 0 Å². The van der Waals surface area contributed by atoms with Crippen LogP contribution in [0.3, 0.4) is 0 Å². The Morgan fingerprint density at radius 3 is 2.55 bits per heavy atom. The maximum Gasteiger partial charge on any atom is 0.343 e. The molecular formula is C20H19ClN2O6. The van der Waals surface area contributed by atoms with Crippen molar-refractivity contribution in [2.24, 2.45) is 0 Å². The summed E-state index contributed by atoms with van der Waals surface area (Å²) in [4.78, 5) is 36.5. The number of carbonyl (C=O) groups excluding carboxylic acids is 3. The molecule has 9 heteroatoms. The minimum Gasteiger partial charge on any atom is -0.493 e. The molecule has 0 bridgehead atoms. The highest BCUT2D eigenvalue weighted by Gasteiger charge is 2.36. The van der Waals surface area contributed by atoms with Crippen LogP contribution < -0.4 is 20.1 Å². The first-order chi connectivity index (χ1) is 13.9. The smallest absolute Gasteiger partial charge is 0.343 e. The Morgan fingerprint density at radius 1 is 1.17 bits per heavy atom. The second kappa shape index (κ2) is 8.40. The van der Waals surface area contributed by atoms with Gasteiger partial charge < -0.3 is 24.8 Å². The molecule has 2 amide bonds. The van der Waals surface area contributed by atoms with Crippen LogP contribution in [0.4, 0.5) is 5.69 Å². The number of ether oxygens (including phenoxy) is 3. The lowest BCUT2D eigenvalue weighted by molar-refractivity contribution is -0.118. The van der Waals surface area contributed by atoms with Crippen molar-refractivity contribution in [2.75, 3.05) is 26.6 Å². The molecule has 0 saturated carbocycles. The Labute approximate surface area is 172 Å². The lowest BCUT2D eigenvalue weighted by atomic mass is 10.0. The van der Waals surface area contributed by atoms with E-state index in [4.69, 9.17) is 25.8 Å². The van der Waals surface area contributed by atoms with E-state index in [1.54, 1.807) is 18.2 Å². The van der Waals surface area contributed by atoms with Crippen molar-refractivity contribution >= 4 is 35.1 Å². The van der Waals surface area contributed by atoms with Gasteiger partial charge in [-0.05, 0) is 24.3 Å². The van der Waals surface area contributed by atoms with Gasteiger partial charge in [-0.25, -0.2) is 4.79 Å². The number of amides is 2. The SMILES string of the molecule is CNC(=O)c1ccc(NC(=O)CC2OC(=O)c3c2ccc(OC)c3OC)cc1Cl. The molecule has 0 aromatic heterocycles. The van der Waals surface area contributed by atoms with E-state index in [1.165, 1.54) is 33.4 Å². The number of cyclic esters (lactones) is 1. The van der Waals surface area contributed by atoms with E-state index >= 15 is 0 Å². The van der Waals surface area contributed by atoms with Gasteiger partial charge in [0.15, 0.2) is 11.5 Å². The molecule has 8 nitrogen and oxygen atoms in total. The van der Waals surface area contributed by atoms with Crippen LogP contribution in [-0.2, 0) is 9.53 Å². The molecule has 1 unspecified atom stereocenters. The zero-order chi connectivity index (χ0) is 21.1. The molecule has 0 radical (unpaired) electrons. The number of methoxy groups -OCH3 is 2. The molecule has 152 valence electrons. The molecule has 3 rings (SSSR count). The lowest BCUT2D eigenvalue weighted by Gasteiger charge is -2.13. The summed E-state index contributed by atoms with van der Waals surface area (Å²) in [6.07, 6.45) is -0.846. The number of hydrogen-bond acceptors (Lipinski definition) is 6. The molecule has 2 aromatic rings. The average Bonchev–Trinajstić information content (AvgIpc) is 3.02. The molecule has 1 atom stereocenters. The van der Waals surface area contributed by atoms with Crippen LogP contribution in [0.2, 0.25) is 5.02 Å². The highest BCUT2D eigenvalue weighted by Crippen LogP contribution is 2.43. The number of nitrogens with one attached hydrogen (secondary N) is 2. The van der Waals surface area contributed by atoms with Crippen LogP contribution in [-0.4, -0.2) is 39.1 Å². The Balaban J connectivity index is 1.76. The van der Waals surface area contributed by atoms with E-state index in [0.29, 0.717) is 22.6 Å². The topological polar surface area (TPSA) is 103 Å². The summed E-state index contributed by atoms with van der Waals surface area (Å²) in [5.41, 5.74) is 1.52. The van der Waals surface area contributed by atoms with E-state index in [-0.39, 0.29) is 34.6 Å². The third-order valence-corrected chi connectivity index (χ3v) is 4.79. The van der Waals surface area contributed by atoms with Crippen molar-refractivity contribution in [3.63, 3.8) is 0 Å². The Kier molecular flexibility index (Phi) is 5.93. The quantitative estimate of drug-likeness (QED) is 0.699. The average molecular weight is 419 g/mol. The Hall–Kier alpha value is -3.26. The van der Waals surface area contributed by atoms with Crippen molar-refractivity contribution in [3.05, 3.63) is 52.0 Å². The summed E-state index contributed by atoms with van der Waals surface area (Å²) in [6.45, 7) is 0. The van der Waals surface area contributed by atoms with Crippen LogP contribution in [0.1, 0.15) is 38.8 Å². The molecule has 2 aromatic carbocycles. The molecule has 0 fully saturated rings. The van der Waals surface area contributed by atoms with E-state index in [0.717, 1.165) is 0 Å². The van der Waals surface area contributed by atoms with Gasteiger partial charge in [-0.1, -0.05) is 17.7 Å². The normalized spacial score (nSPS) is 14.6. The largest absolute Gasteiger partial charge is 0.493 e. The molecule has 1 aliphatic rings. The summed E-state index contributed by atoms with van der Waals surface area (Å²) in [7, 11) is 4.40. The molecule has 29 heavy (non-hydrogen) atoms. The van der Waals surface area contributed by atoms with Crippen LogP contribution >= 0.6 is 11.6 Å². The van der Waals surface area contributed by atoms with Gasteiger partial charge >= 0.3 is 5.97 Å². The number of rotatable bonds is 6. The van der Waals surface area contributed by atoms with Crippen molar-refractivity contribution in [1.82, 2.24) is 5.32 Å². The molecule has 2 N–H and O–H groups in total. The van der Waals surface area contributed by atoms with E-state index in [2.05, 4.69) is 10.6 Å². The number of halogens is 1. The van der Waals surface area contributed by atoms with Gasteiger partial charge in [0.25, 0.3) is 5.91 Å². The van der Waals surface area contributed by atoms with Gasteiger partial charge in [0.1, 0.15) is 11.7 Å². The summed E-state index contributed by atoms with van der Waals surface area (Å²) in [6, 6.07) is 7.89. The first-order valence-corrected chi connectivity index (χ1v) is 9.04. The third-order valence-electron chi connectivity index (χ3n) is 4.47. The first-order valence-electron chi connectivity index (χ1n) is 8.67. The predicted molar refractivity (Wildman–Crippen MR) is 106 cm³/mol.